The highest BCUT2D eigenvalue weighted by Gasteiger charge is 2.19. The quantitative estimate of drug-likeness (QED) is 0.364. The fourth-order valence-electron chi connectivity index (χ4n) is 4.26. The van der Waals surface area contributed by atoms with Crippen molar-refractivity contribution in [3.63, 3.8) is 0 Å². The van der Waals surface area contributed by atoms with E-state index in [1.807, 2.05) is 76.9 Å². The van der Waals surface area contributed by atoms with Crippen molar-refractivity contribution in [2.45, 2.75) is 13.5 Å². The molecule has 6 aromatic rings. The Bertz CT molecular complexity index is 1780. The number of fused-ring (bicyclic) bond motifs is 2. The van der Waals surface area contributed by atoms with E-state index < -0.39 is 0 Å². The lowest BCUT2D eigenvalue weighted by Gasteiger charge is -2.10. The van der Waals surface area contributed by atoms with Crippen LogP contribution in [0, 0.1) is 18.3 Å². The highest BCUT2D eigenvalue weighted by molar-refractivity contribution is 5.89. The van der Waals surface area contributed by atoms with Crippen LogP contribution in [-0.2, 0) is 6.54 Å². The minimum absolute atomic E-state index is 0.363. The lowest BCUT2D eigenvalue weighted by molar-refractivity contribution is 0.414. The van der Waals surface area contributed by atoms with Crippen LogP contribution < -0.4 is 4.74 Å². The fraction of sp³-hybridized carbons (Fsp3) is 0.111. The first-order chi connectivity index (χ1) is 17.6. The van der Waals surface area contributed by atoms with E-state index >= 15 is 0 Å². The maximum atomic E-state index is 9.50. The minimum Gasteiger partial charge on any atom is -0.497 e. The van der Waals surface area contributed by atoms with Crippen molar-refractivity contribution in [3.05, 3.63) is 90.3 Å². The molecule has 0 radical (unpaired) electrons. The first-order valence-electron chi connectivity index (χ1n) is 11.3. The maximum absolute atomic E-state index is 9.50. The Morgan fingerprint density at radius 2 is 1.83 bits per heavy atom. The normalized spacial score (nSPS) is 11.1. The number of nitriles is 1. The van der Waals surface area contributed by atoms with Crippen LogP contribution in [0.25, 0.3) is 39.4 Å². The Hall–Kier alpha value is -5.10. The number of nitrogens with zero attached hydrogens (tertiary/aromatic N) is 8. The van der Waals surface area contributed by atoms with E-state index in [1.54, 1.807) is 19.6 Å². The Balaban J connectivity index is 1.57. The van der Waals surface area contributed by atoms with Crippen molar-refractivity contribution in [3.8, 4) is 29.2 Å². The molecule has 0 N–H and O–H groups in total. The number of benzene rings is 1. The van der Waals surface area contributed by atoms with Gasteiger partial charge >= 0.3 is 0 Å². The number of aryl methyl sites for hydroxylation is 1. The van der Waals surface area contributed by atoms with Crippen LogP contribution in [0.1, 0.15) is 17.0 Å². The molecule has 6 rings (SSSR count). The summed E-state index contributed by atoms with van der Waals surface area (Å²) in [6.45, 7) is 2.51. The van der Waals surface area contributed by atoms with Gasteiger partial charge in [-0.15, -0.1) is 0 Å². The van der Waals surface area contributed by atoms with E-state index in [2.05, 4.69) is 16.0 Å². The van der Waals surface area contributed by atoms with E-state index in [1.165, 1.54) is 0 Å². The first kappa shape index (κ1) is 21.4. The standard InChI is InChI=1S/C27H20N8O/c1-17-4-3-5-21(31-17)25-32-26-24(30-16-34(26)15-18-6-8-19(36-2)9-7-18)27(33-25)35-13-11-20-22(14-28)29-12-10-23(20)35/h3-13,16H,15H2,1-2H3. The fourth-order valence-corrected chi connectivity index (χ4v) is 4.26. The number of ether oxygens (including phenoxy) is 1. The molecule has 0 saturated heterocycles. The highest BCUT2D eigenvalue weighted by atomic mass is 16.5. The van der Waals surface area contributed by atoms with Gasteiger partial charge in [0.05, 0.1) is 25.5 Å². The molecule has 0 spiro atoms. The summed E-state index contributed by atoms with van der Waals surface area (Å²) in [4.78, 5) is 23.3. The molecule has 5 heterocycles. The number of methoxy groups -OCH3 is 1. The number of imidazole rings is 1. The number of aromatic nitrogens is 7. The van der Waals surface area contributed by atoms with Gasteiger partial charge in [0.15, 0.2) is 22.8 Å². The van der Waals surface area contributed by atoms with Crippen LogP contribution in [0.3, 0.4) is 0 Å². The van der Waals surface area contributed by atoms with Crippen LogP contribution in [0.4, 0.5) is 0 Å². The smallest absolute Gasteiger partial charge is 0.182 e. The topological polar surface area (TPSA) is 107 Å². The number of rotatable bonds is 5. The molecule has 0 aliphatic carbocycles. The average Bonchev–Trinajstić information content (AvgIpc) is 3.53. The summed E-state index contributed by atoms with van der Waals surface area (Å²) in [6, 6.07) is 19.6. The van der Waals surface area contributed by atoms with Crippen molar-refractivity contribution in [1.29, 1.82) is 5.26 Å². The van der Waals surface area contributed by atoms with Gasteiger partial charge in [-0.05, 0) is 48.9 Å². The van der Waals surface area contributed by atoms with Gasteiger partial charge in [-0.3, -0.25) is 4.57 Å². The monoisotopic (exact) mass is 472 g/mol. The van der Waals surface area contributed by atoms with E-state index in [9.17, 15) is 5.26 Å². The second-order valence-electron chi connectivity index (χ2n) is 8.32. The highest BCUT2D eigenvalue weighted by Crippen LogP contribution is 2.28. The molecule has 0 fully saturated rings. The molecule has 0 saturated carbocycles. The van der Waals surface area contributed by atoms with Crippen molar-refractivity contribution >= 4 is 22.1 Å². The Morgan fingerprint density at radius 3 is 2.61 bits per heavy atom. The van der Waals surface area contributed by atoms with E-state index in [0.29, 0.717) is 40.7 Å². The molecule has 0 amide bonds. The maximum Gasteiger partial charge on any atom is 0.182 e. The average molecular weight is 473 g/mol. The lowest BCUT2D eigenvalue weighted by Crippen LogP contribution is -2.05. The summed E-state index contributed by atoms with van der Waals surface area (Å²) in [5.41, 5.74) is 5.14. The van der Waals surface area contributed by atoms with Crippen molar-refractivity contribution < 1.29 is 4.74 Å². The SMILES string of the molecule is COc1ccc(Cn2cnc3c(-n4ccc5c(C#N)nccc54)nc(-c4cccc(C)n4)nc32)cc1. The first-order valence-corrected chi connectivity index (χ1v) is 11.3. The molecule has 0 bridgehead atoms. The molecular weight excluding hydrogens is 452 g/mol. The second-order valence-corrected chi connectivity index (χ2v) is 8.32. The van der Waals surface area contributed by atoms with Gasteiger partial charge in [-0.2, -0.15) is 5.26 Å². The van der Waals surface area contributed by atoms with Gasteiger partial charge in [0.1, 0.15) is 23.2 Å². The van der Waals surface area contributed by atoms with Crippen molar-refractivity contribution in [2.75, 3.05) is 7.11 Å². The molecular formula is C27H20N8O. The molecule has 9 nitrogen and oxygen atoms in total. The van der Waals surface area contributed by atoms with Gasteiger partial charge in [0.25, 0.3) is 0 Å². The van der Waals surface area contributed by atoms with Gasteiger partial charge in [-0.25, -0.2) is 24.9 Å². The predicted molar refractivity (Wildman–Crippen MR) is 135 cm³/mol. The van der Waals surface area contributed by atoms with Crippen molar-refractivity contribution in [1.82, 2.24) is 34.1 Å². The summed E-state index contributed by atoms with van der Waals surface area (Å²) < 4.78 is 9.20. The zero-order valence-electron chi connectivity index (χ0n) is 19.6. The van der Waals surface area contributed by atoms with Crippen LogP contribution in [-0.4, -0.2) is 41.2 Å². The van der Waals surface area contributed by atoms with Crippen LogP contribution in [0.2, 0.25) is 0 Å². The molecule has 36 heavy (non-hydrogen) atoms. The molecule has 0 aliphatic rings. The Labute approximate surface area is 206 Å². The number of hydrogen-bond donors (Lipinski definition) is 0. The third kappa shape index (κ3) is 3.61. The Morgan fingerprint density at radius 1 is 0.972 bits per heavy atom. The zero-order valence-corrected chi connectivity index (χ0v) is 19.6. The van der Waals surface area contributed by atoms with E-state index in [4.69, 9.17) is 19.7 Å². The van der Waals surface area contributed by atoms with Crippen molar-refractivity contribution in [2.24, 2.45) is 0 Å². The second kappa shape index (κ2) is 8.60. The largest absolute Gasteiger partial charge is 0.497 e. The van der Waals surface area contributed by atoms with Gasteiger partial charge in [-0.1, -0.05) is 18.2 Å². The van der Waals surface area contributed by atoms with E-state index in [-0.39, 0.29) is 0 Å². The summed E-state index contributed by atoms with van der Waals surface area (Å²) in [5, 5.41) is 10.3. The Kier molecular flexibility index (Phi) is 5.12. The zero-order chi connectivity index (χ0) is 24.6. The third-order valence-electron chi connectivity index (χ3n) is 6.03. The summed E-state index contributed by atoms with van der Waals surface area (Å²) in [5.74, 6) is 1.91. The predicted octanol–water partition coefficient (Wildman–Crippen LogP) is 4.46. The molecule has 5 aromatic heterocycles. The lowest BCUT2D eigenvalue weighted by atomic mass is 10.2. The molecule has 9 heteroatoms. The van der Waals surface area contributed by atoms with Gasteiger partial charge < -0.3 is 9.30 Å². The van der Waals surface area contributed by atoms with Crippen LogP contribution in [0.5, 0.6) is 5.75 Å². The van der Waals surface area contributed by atoms with Gasteiger partial charge in [0, 0.05) is 23.5 Å². The van der Waals surface area contributed by atoms with Gasteiger partial charge in [0.2, 0.25) is 0 Å². The molecule has 0 unspecified atom stereocenters. The summed E-state index contributed by atoms with van der Waals surface area (Å²) in [6.07, 6.45) is 5.28. The van der Waals surface area contributed by atoms with Crippen LogP contribution >= 0.6 is 0 Å². The molecule has 1 aromatic carbocycles. The molecule has 0 atom stereocenters. The third-order valence-corrected chi connectivity index (χ3v) is 6.03. The number of hydrogen-bond acceptors (Lipinski definition) is 7. The summed E-state index contributed by atoms with van der Waals surface area (Å²) in [7, 11) is 1.65. The molecule has 0 aliphatic heterocycles. The minimum atomic E-state index is 0.363. The van der Waals surface area contributed by atoms with E-state index in [0.717, 1.165) is 27.9 Å². The number of pyridine rings is 2. The molecule has 174 valence electrons. The summed E-state index contributed by atoms with van der Waals surface area (Å²) >= 11 is 0. The van der Waals surface area contributed by atoms with Crippen LogP contribution in [0.15, 0.2) is 73.3 Å².